The second-order valence-electron chi connectivity index (χ2n) is 10.1. The van der Waals surface area contributed by atoms with E-state index >= 15 is 0 Å². The van der Waals surface area contributed by atoms with Crippen molar-refractivity contribution in [2.45, 2.75) is 37.5 Å². The van der Waals surface area contributed by atoms with Gasteiger partial charge in [-0.05, 0) is 44.4 Å². The number of rotatable bonds is 19. The summed E-state index contributed by atoms with van der Waals surface area (Å²) in [4.78, 5) is 30.4. The molecule has 12 heteroatoms. The highest BCUT2D eigenvalue weighted by Crippen LogP contribution is 2.08. The van der Waals surface area contributed by atoms with Crippen LogP contribution in [0.3, 0.4) is 0 Å². The third-order valence-electron chi connectivity index (χ3n) is 6.26. The molecule has 0 saturated carbocycles. The summed E-state index contributed by atoms with van der Waals surface area (Å²) in [5, 5.41) is 45.4. The normalized spacial score (nSPS) is 14.8. The summed E-state index contributed by atoms with van der Waals surface area (Å²) in [6.45, 7) is 7.13. The molecule has 5 N–H and O–H groups in total. The minimum Gasteiger partial charge on any atom is -0.394 e. The Morgan fingerprint density at radius 3 is 1.93 bits per heavy atom. The smallest absolute Gasteiger partial charge is 0.133 e. The summed E-state index contributed by atoms with van der Waals surface area (Å²) in [5.74, 6) is 0. The molecule has 12 nitrogen and oxygen atoms in total. The Morgan fingerprint density at radius 2 is 1.49 bits per heavy atom. The molecule has 4 unspecified atom stereocenters. The van der Waals surface area contributed by atoms with Crippen molar-refractivity contribution in [3.8, 4) is 0 Å². The predicted octanol–water partition coefficient (Wildman–Crippen LogP) is -0.223. The highest BCUT2D eigenvalue weighted by atomic mass is 16.4. The average molecular weight is 601 g/mol. The van der Waals surface area contributed by atoms with Gasteiger partial charge in [0.15, 0.2) is 0 Å². The van der Waals surface area contributed by atoms with E-state index in [-0.39, 0.29) is 6.54 Å². The minimum absolute atomic E-state index is 0.163. The largest absolute Gasteiger partial charge is 0.394 e. The molecular weight excluding hydrogens is 552 g/mol. The molecular formula is C31H48N6O6. The molecule has 0 bridgehead atoms. The zero-order chi connectivity index (χ0) is 32.0. The quantitative estimate of drug-likeness (QED) is 0.0822. The zero-order valence-electron chi connectivity index (χ0n) is 25.4. The van der Waals surface area contributed by atoms with Gasteiger partial charge in [0.1, 0.15) is 24.6 Å². The van der Waals surface area contributed by atoms with Gasteiger partial charge in [-0.1, -0.05) is 30.9 Å². The molecule has 4 atom stereocenters. The maximum Gasteiger partial charge on any atom is 0.133 e. The minimum atomic E-state index is -1.55. The Hall–Kier alpha value is -3.20. The topological polar surface area (TPSA) is 166 Å². The molecule has 2 heterocycles. The first-order valence-corrected chi connectivity index (χ1v) is 14.1. The molecule has 2 aromatic rings. The van der Waals surface area contributed by atoms with Gasteiger partial charge in [-0.25, -0.2) is 0 Å². The number of nitrogens with zero attached hydrogens (tertiary/aromatic N) is 6. The number of aliphatic imine (C=N–C) groups is 1. The van der Waals surface area contributed by atoms with Crippen molar-refractivity contribution in [3.63, 3.8) is 0 Å². The van der Waals surface area contributed by atoms with Crippen molar-refractivity contribution in [2.75, 3.05) is 60.5 Å². The van der Waals surface area contributed by atoms with E-state index in [0.29, 0.717) is 13.1 Å². The summed E-state index contributed by atoms with van der Waals surface area (Å²) >= 11 is 0. The van der Waals surface area contributed by atoms with Crippen LogP contribution in [0.1, 0.15) is 11.4 Å². The molecule has 2 rings (SSSR count). The van der Waals surface area contributed by atoms with E-state index < -0.39 is 31.0 Å². The number of likely N-dealkylation sites (N-methyl/N-ethyl adjacent to an activating group) is 1. The summed E-state index contributed by atoms with van der Waals surface area (Å²) in [7, 11) is 5.16. The van der Waals surface area contributed by atoms with Crippen LogP contribution in [0.5, 0.6) is 0 Å². The van der Waals surface area contributed by atoms with E-state index in [1.165, 1.54) is 0 Å². The molecule has 238 valence electrons. The number of pyridine rings is 2. The molecule has 0 aliphatic rings. The first-order chi connectivity index (χ1) is 20.6. The van der Waals surface area contributed by atoms with E-state index in [2.05, 4.69) is 31.3 Å². The van der Waals surface area contributed by atoms with E-state index in [1.54, 1.807) is 32.1 Å². The van der Waals surface area contributed by atoms with Crippen molar-refractivity contribution in [2.24, 2.45) is 4.99 Å². The number of hydrogen-bond donors (Lipinski definition) is 5. The van der Waals surface area contributed by atoms with Crippen molar-refractivity contribution in [1.82, 2.24) is 24.7 Å². The van der Waals surface area contributed by atoms with Gasteiger partial charge in [0.25, 0.3) is 0 Å². The Balaban J connectivity index is 0.000000557. The van der Waals surface area contributed by atoms with Crippen LogP contribution in [-0.4, -0.2) is 147 Å². The van der Waals surface area contributed by atoms with Crippen LogP contribution >= 0.6 is 0 Å². The second kappa shape index (κ2) is 22.4. The standard InChI is InChI=1S/C23H29N5O.C8H19NO5/c1-3-4-9-21(24-2)18-27(16-17-29)14-15-28(19-22-10-5-7-12-25-22)20-23-11-6-8-13-26-23;1-9(2)3-5(11)7(13)8(14)6(12)4-10/h3-13,17H,1,14-16,18-20H2,2H3;5-8,10-14H,3-4H2,1-2H3/b9-4-,24-21?;. The summed E-state index contributed by atoms with van der Waals surface area (Å²) in [6.07, 6.45) is 4.42. The van der Waals surface area contributed by atoms with E-state index in [0.717, 1.165) is 49.6 Å². The maximum atomic E-state index is 11.2. The van der Waals surface area contributed by atoms with Gasteiger partial charge in [-0.2, -0.15) is 0 Å². The fraction of sp³-hybridized carbons (Fsp3) is 0.484. The number of aliphatic hydroxyl groups excluding tert-OH is 5. The van der Waals surface area contributed by atoms with Crippen molar-refractivity contribution >= 4 is 12.0 Å². The molecule has 0 aliphatic carbocycles. The number of carbonyl (C=O) groups excluding carboxylic acids is 1. The third-order valence-corrected chi connectivity index (χ3v) is 6.26. The fourth-order valence-electron chi connectivity index (χ4n) is 3.93. The third kappa shape index (κ3) is 16.3. The molecule has 0 aliphatic heterocycles. The van der Waals surface area contributed by atoms with E-state index in [9.17, 15) is 20.1 Å². The highest BCUT2D eigenvalue weighted by molar-refractivity contribution is 5.96. The second-order valence-corrected chi connectivity index (χ2v) is 10.1. The Labute approximate surface area is 255 Å². The number of aliphatic hydroxyl groups is 5. The monoisotopic (exact) mass is 600 g/mol. The average Bonchev–Trinajstić information content (AvgIpc) is 3.01. The molecule has 0 fully saturated rings. The van der Waals surface area contributed by atoms with Crippen LogP contribution in [0.15, 0.2) is 78.6 Å². The molecule has 0 spiro atoms. The van der Waals surface area contributed by atoms with Gasteiger partial charge in [0, 0.05) is 64.4 Å². The van der Waals surface area contributed by atoms with Crippen LogP contribution < -0.4 is 0 Å². The summed E-state index contributed by atoms with van der Waals surface area (Å²) in [5.41, 5.74) is 2.93. The number of hydrogen-bond acceptors (Lipinski definition) is 12. The zero-order valence-corrected chi connectivity index (χ0v) is 25.4. The van der Waals surface area contributed by atoms with Crippen LogP contribution in [0.2, 0.25) is 0 Å². The molecule has 0 amide bonds. The van der Waals surface area contributed by atoms with Gasteiger partial charge >= 0.3 is 0 Å². The number of carbonyl (C=O) groups is 1. The SMILES string of the molecule is C=C/C=C\C(CN(CC=O)CCN(Cc1ccccn1)Cc1ccccn1)=NC.CN(C)CC(O)C(O)C(O)C(O)CO. The highest BCUT2D eigenvalue weighted by Gasteiger charge is 2.30. The van der Waals surface area contributed by atoms with Crippen LogP contribution in [0.25, 0.3) is 0 Å². The van der Waals surface area contributed by atoms with Gasteiger partial charge in [0.05, 0.1) is 30.6 Å². The Bertz CT molecular complexity index is 1030. The Morgan fingerprint density at radius 1 is 0.930 bits per heavy atom. The summed E-state index contributed by atoms with van der Waals surface area (Å²) in [6, 6.07) is 11.9. The fourth-order valence-corrected chi connectivity index (χ4v) is 3.93. The number of aldehydes is 1. The van der Waals surface area contributed by atoms with Gasteiger partial charge in [-0.3, -0.25) is 24.8 Å². The first kappa shape index (κ1) is 37.8. The van der Waals surface area contributed by atoms with Crippen LogP contribution in [0, 0.1) is 0 Å². The number of aromatic nitrogens is 2. The van der Waals surface area contributed by atoms with Gasteiger partial charge in [0.2, 0.25) is 0 Å². The molecule has 43 heavy (non-hydrogen) atoms. The van der Waals surface area contributed by atoms with Crippen LogP contribution in [0.4, 0.5) is 0 Å². The van der Waals surface area contributed by atoms with Crippen molar-refractivity contribution in [3.05, 3.63) is 85.0 Å². The van der Waals surface area contributed by atoms with E-state index in [4.69, 9.17) is 10.2 Å². The lowest BCUT2D eigenvalue weighted by Gasteiger charge is -2.27. The van der Waals surface area contributed by atoms with Gasteiger partial charge in [-0.15, -0.1) is 0 Å². The lowest BCUT2D eigenvalue weighted by atomic mass is 10.0. The van der Waals surface area contributed by atoms with Crippen LogP contribution in [-0.2, 0) is 17.9 Å². The van der Waals surface area contributed by atoms with Crippen molar-refractivity contribution in [1.29, 1.82) is 0 Å². The Kier molecular flexibility index (Phi) is 19.7. The number of allylic oxidation sites excluding steroid dienone is 2. The van der Waals surface area contributed by atoms with Crippen molar-refractivity contribution < 1.29 is 30.3 Å². The molecule has 0 radical (unpaired) electrons. The lowest BCUT2D eigenvalue weighted by molar-refractivity contribution is -0.117. The molecule has 0 aromatic carbocycles. The first-order valence-electron chi connectivity index (χ1n) is 14.1. The molecule has 0 saturated heterocycles. The maximum absolute atomic E-state index is 11.2. The predicted molar refractivity (Wildman–Crippen MR) is 167 cm³/mol. The summed E-state index contributed by atoms with van der Waals surface area (Å²) < 4.78 is 0. The van der Waals surface area contributed by atoms with Gasteiger partial charge < -0.3 is 35.2 Å². The molecule has 2 aromatic heterocycles. The lowest BCUT2D eigenvalue weighted by Crippen LogP contribution is -2.48. The van der Waals surface area contributed by atoms with E-state index in [1.807, 2.05) is 60.9 Å².